The van der Waals surface area contributed by atoms with Crippen molar-refractivity contribution < 1.29 is 22.5 Å². The zero-order valence-corrected chi connectivity index (χ0v) is 25.3. The number of nitrogens with one attached hydrogen (secondary N) is 2. The second kappa shape index (κ2) is 15.1. The lowest BCUT2D eigenvalue weighted by Crippen LogP contribution is -2.44. The van der Waals surface area contributed by atoms with E-state index in [1.807, 2.05) is 24.1 Å². The Hall–Kier alpha value is -4.11. The third-order valence-electron chi connectivity index (χ3n) is 6.87. The number of anilines is 3. The molecule has 14 heteroatoms. The molecule has 3 aromatic heterocycles. The standard InChI is InChI=1S/C29H29F3N8O.CH4OS/c1-19-26(38-28-34-9-7-25(37-28)21-4-3-8-33-16-21)15-23(17-35-19)36-27(41)20-5-6-22(24(14-20)29(30,31)32)18-40-12-10-39(2)11-13-40;1-3-2/h3-9,14-17H,10-13,18H2,1-2H3,(H,36,41)(H,34,37,38);2H,1H3. The molecule has 1 aliphatic rings. The highest BCUT2D eigenvalue weighted by atomic mass is 32.2. The van der Waals surface area contributed by atoms with Crippen molar-refractivity contribution >= 4 is 35.3 Å². The first-order valence-electron chi connectivity index (χ1n) is 13.6. The summed E-state index contributed by atoms with van der Waals surface area (Å²) in [4.78, 5) is 34.3. The first-order valence-corrected chi connectivity index (χ1v) is 14.8. The Labute approximate surface area is 258 Å². The molecule has 3 N–H and O–H groups in total. The van der Waals surface area contributed by atoms with E-state index in [4.69, 9.17) is 4.55 Å². The number of halogens is 3. The van der Waals surface area contributed by atoms with Gasteiger partial charge in [-0.05, 0) is 68.0 Å². The fourth-order valence-electron chi connectivity index (χ4n) is 4.51. The van der Waals surface area contributed by atoms with Gasteiger partial charge in [-0.15, -0.1) is 0 Å². The number of hydrogen-bond acceptors (Lipinski definition) is 10. The lowest BCUT2D eigenvalue weighted by molar-refractivity contribution is -0.138. The van der Waals surface area contributed by atoms with Gasteiger partial charge in [-0.25, -0.2) is 9.97 Å². The lowest BCUT2D eigenvalue weighted by atomic mass is 10.0. The SMILES string of the molecule is CSO.Cc1ncc(NC(=O)c2ccc(CN3CCN(C)CC3)c(C(F)(F)F)c2)cc1Nc1nccc(-c2cccnc2)n1. The number of piperazine rings is 1. The number of amides is 1. The predicted octanol–water partition coefficient (Wildman–Crippen LogP) is 5.83. The van der Waals surface area contributed by atoms with Crippen LogP contribution in [0.1, 0.15) is 27.2 Å². The maximum absolute atomic E-state index is 14.0. The molecule has 1 amide bonds. The molecule has 0 unspecified atom stereocenters. The van der Waals surface area contributed by atoms with E-state index in [2.05, 4.69) is 35.5 Å². The quantitative estimate of drug-likeness (QED) is 0.216. The molecule has 1 aromatic carbocycles. The van der Waals surface area contributed by atoms with Gasteiger partial charge in [-0.1, -0.05) is 6.07 Å². The third kappa shape index (κ3) is 8.95. The third-order valence-corrected chi connectivity index (χ3v) is 6.87. The number of likely N-dealkylation sites (N-methyl/N-ethyl adjacent to an activating group) is 1. The van der Waals surface area contributed by atoms with Gasteiger partial charge in [0, 0.05) is 68.7 Å². The van der Waals surface area contributed by atoms with Crippen molar-refractivity contribution in [2.45, 2.75) is 19.6 Å². The molecule has 1 saturated heterocycles. The van der Waals surface area contributed by atoms with Crippen molar-refractivity contribution in [1.82, 2.24) is 29.7 Å². The van der Waals surface area contributed by atoms with Crippen LogP contribution in [-0.2, 0) is 12.7 Å². The fourth-order valence-corrected chi connectivity index (χ4v) is 4.51. The highest BCUT2D eigenvalue weighted by Gasteiger charge is 2.34. The molecule has 10 nitrogen and oxygen atoms in total. The molecule has 1 aliphatic heterocycles. The number of benzene rings is 1. The Morgan fingerprint density at radius 3 is 2.48 bits per heavy atom. The topological polar surface area (TPSA) is 119 Å². The molecule has 0 atom stereocenters. The van der Waals surface area contributed by atoms with Gasteiger partial charge in [-0.3, -0.25) is 19.7 Å². The molecule has 5 rings (SSSR count). The summed E-state index contributed by atoms with van der Waals surface area (Å²) in [6, 6.07) is 10.8. The van der Waals surface area contributed by atoms with E-state index in [0.29, 0.717) is 41.8 Å². The largest absolute Gasteiger partial charge is 0.416 e. The predicted molar refractivity (Wildman–Crippen MR) is 166 cm³/mol. The Bertz CT molecular complexity index is 1550. The molecule has 232 valence electrons. The molecule has 0 aliphatic carbocycles. The van der Waals surface area contributed by atoms with Gasteiger partial charge >= 0.3 is 6.18 Å². The summed E-state index contributed by atoms with van der Waals surface area (Å²) in [5, 5.41) is 5.76. The summed E-state index contributed by atoms with van der Waals surface area (Å²) in [6.45, 7) is 4.91. The normalized spacial score (nSPS) is 14.0. The summed E-state index contributed by atoms with van der Waals surface area (Å²) in [5.74, 6) is -0.362. The first-order chi connectivity index (χ1) is 21.1. The van der Waals surface area contributed by atoms with E-state index >= 15 is 0 Å². The minimum Gasteiger partial charge on any atom is -0.330 e. The molecule has 0 spiro atoms. The summed E-state index contributed by atoms with van der Waals surface area (Å²) < 4.78 is 49.4. The lowest BCUT2D eigenvalue weighted by Gasteiger charge is -2.33. The number of pyridine rings is 2. The van der Waals surface area contributed by atoms with Crippen molar-refractivity contribution in [3.63, 3.8) is 0 Å². The fraction of sp³-hybridized carbons (Fsp3) is 0.300. The van der Waals surface area contributed by atoms with Gasteiger partial charge in [0.2, 0.25) is 5.95 Å². The van der Waals surface area contributed by atoms with Gasteiger partial charge in [0.15, 0.2) is 0 Å². The molecule has 1 fully saturated rings. The number of nitrogens with zero attached hydrogens (tertiary/aromatic N) is 6. The van der Waals surface area contributed by atoms with Crippen LogP contribution in [0, 0.1) is 6.92 Å². The van der Waals surface area contributed by atoms with Crippen LogP contribution in [0.25, 0.3) is 11.3 Å². The minimum atomic E-state index is -4.59. The van der Waals surface area contributed by atoms with E-state index < -0.39 is 17.6 Å². The number of carbonyl (C=O) groups is 1. The zero-order chi connectivity index (χ0) is 31.7. The van der Waals surface area contributed by atoms with Crippen molar-refractivity contribution in [1.29, 1.82) is 0 Å². The highest BCUT2D eigenvalue weighted by Crippen LogP contribution is 2.34. The van der Waals surface area contributed by atoms with Gasteiger partial charge in [0.25, 0.3) is 5.91 Å². The average Bonchev–Trinajstić information content (AvgIpc) is 3.00. The molecule has 4 aromatic rings. The van der Waals surface area contributed by atoms with E-state index in [1.54, 1.807) is 43.9 Å². The Balaban J connectivity index is 0.00000141. The van der Waals surface area contributed by atoms with Crippen molar-refractivity contribution in [3.05, 3.63) is 89.6 Å². The summed E-state index contributed by atoms with van der Waals surface area (Å²) in [6.07, 6.45) is 3.42. The molecule has 0 radical (unpaired) electrons. The molecule has 0 saturated carbocycles. The Morgan fingerprint density at radius 2 is 1.80 bits per heavy atom. The Kier molecular flexibility index (Phi) is 11.2. The smallest absolute Gasteiger partial charge is 0.330 e. The maximum Gasteiger partial charge on any atom is 0.416 e. The summed E-state index contributed by atoms with van der Waals surface area (Å²) in [7, 11) is 1.99. The maximum atomic E-state index is 14.0. The molecular formula is C30H33F3N8O2S. The van der Waals surface area contributed by atoms with Crippen LogP contribution in [-0.4, -0.2) is 79.7 Å². The van der Waals surface area contributed by atoms with E-state index in [-0.39, 0.29) is 17.7 Å². The van der Waals surface area contributed by atoms with Gasteiger partial charge in [0.1, 0.15) is 0 Å². The van der Waals surface area contributed by atoms with E-state index in [0.717, 1.165) is 36.8 Å². The number of aromatic nitrogens is 4. The van der Waals surface area contributed by atoms with E-state index in [9.17, 15) is 18.0 Å². The average molecular weight is 627 g/mol. The van der Waals surface area contributed by atoms with E-state index in [1.165, 1.54) is 18.3 Å². The van der Waals surface area contributed by atoms with Crippen LogP contribution in [0.4, 0.5) is 30.5 Å². The number of aryl methyl sites for hydroxylation is 1. The van der Waals surface area contributed by atoms with Crippen LogP contribution >= 0.6 is 12.0 Å². The number of alkyl halides is 3. The monoisotopic (exact) mass is 626 g/mol. The summed E-state index contributed by atoms with van der Waals surface area (Å²) in [5.41, 5.74) is 2.19. The van der Waals surface area contributed by atoms with Crippen molar-refractivity contribution in [2.24, 2.45) is 0 Å². The molecule has 0 bridgehead atoms. The van der Waals surface area contributed by atoms with Crippen LogP contribution in [0.2, 0.25) is 0 Å². The molecular weight excluding hydrogens is 593 g/mol. The van der Waals surface area contributed by atoms with Crippen LogP contribution in [0.5, 0.6) is 0 Å². The second-order valence-corrected chi connectivity index (χ2v) is 10.4. The number of hydrogen-bond donors (Lipinski definition) is 3. The van der Waals surface area contributed by atoms with Gasteiger partial charge in [-0.2, -0.15) is 13.2 Å². The van der Waals surface area contributed by atoms with Crippen LogP contribution in [0.3, 0.4) is 0 Å². The van der Waals surface area contributed by atoms with Gasteiger partial charge in [0.05, 0.1) is 34.5 Å². The van der Waals surface area contributed by atoms with Crippen molar-refractivity contribution in [3.8, 4) is 11.3 Å². The molecule has 44 heavy (non-hydrogen) atoms. The zero-order valence-electron chi connectivity index (χ0n) is 24.5. The molecule has 4 heterocycles. The summed E-state index contributed by atoms with van der Waals surface area (Å²) >= 11 is 0.750. The minimum absolute atomic E-state index is 0.0953. The number of rotatable bonds is 7. The van der Waals surface area contributed by atoms with Gasteiger partial charge < -0.3 is 20.1 Å². The highest BCUT2D eigenvalue weighted by molar-refractivity contribution is 7.93. The van der Waals surface area contributed by atoms with Crippen molar-refractivity contribution in [2.75, 3.05) is 50.1 Å². The Morgan fingerprint density at radius 1 is 1.05 bits per heavy atom. The first kappa shape index (κ1) is 32.8. The van der Waals surface area contributed by atoms with Crippen LogP contribution in [0.15, 0.2) is 67.3 Å². The number of carbonyl (C=O) groups excluding carboxylic acids is 1. The second-order valence-electron chi connectivity index (χ2n) is 10.1. The van der Waals surface area contributed by atoms with Crippen LogP contribution < -0.4 is 10.6 Å².